The van der Waals surface area contributed by atoms with Crippen LogP contribution in [0.3, 0.4) is 0 Å². The van der Waals surface area contributed by atoms with Gasteiger partial charge in [-0.3, -0.25) is 14.9 Å². The molecule has 11 heteroatoms. The quantitative estimate of drug-likeness (QED) is 0.304. The van der Waals surface area contributed by atoms with Crippen LogP contribution in [0, 0.1) is 5.82 Å². The number of pyridine rings is 1. The molecule has 3 aromatic rings. The van der Waals surface area contributed by atoms with Crippen molar-refractivity contribution < 1.29 is 28.6 Å². The van der Waals surface area contributed by atoms with E-state index in [9.17, 15) is 23.9 Å². The maximum atomic E-state index is 13.7. The predicted molar refractivity (Wildman–Crippen MR) is 147 cm³/mol. The predicted octanol–water partition coefficient (Wildman–Crippen LogP) is 4.31. The summed E-state index contributed by atoms with van der Waals surface area (Å²) in [4.78, 5) is 43.3. The lowest BCUT2D eigenvalue weighted by Crippen LogP contribution is -2.42. The standard InChI is InChI=1S/C28H32ClFN4O5/c1-18(35)15-32-25(36)12-11-22(34(2)26(37)13-10-19-8-5-9-23(30)27(19)29)17-39-28(38)33-24-14-20-6-3-4-7-21(20)16-31-24/h3-9,14,16,18,22,35H,10-13,15,17H2,1-2H3,(H,32,36)(H,31,33,38)/t18-,22+/m1/s1. The van der Waals surface area contributed by atoms with Crippen molar-refractivity contribution in [2.75, 3.05) is 25.5 Å². The minimum atomic E-state index is -0.756. The molecule has 3 amide bonds. The molecule has 0 unspecified atom stereocenters. The highest BCUT2D eigenvalue weighted by Gasteiger charge is 2.23. The lowest BCUT2D eigenvalue weighted by Gasteiger charge is -2.28. The van der Waals surface area contributed by atoms with E-state index in [-0.39, 0.29) is 55.7 Å². The normalized spacial score (nSPS) is 12.4. The number of ether oxygens (including phenoxy) is 1. The number of carbonyl (C=O) groups excluding carboxylic acids is 3. The Bertz CT molecular complexity index is 1310. The number of carbonyl (C=O) groups is 3. The van der Waals surface area contributed by atoms with Gasteiger partial charge in [-0.2, -0.15) is 0 Å². The number of likely N-dealkylation sites (N-methyl/N-ethyl adjacent to an activating group) is 1. The molecule has 0 spiro atoms. The van der Waals surface area contributed by atoms with E-state index in [0.717, 1.165) is 10.8 Å². The monoisotopic (exact) mass is 558 g/mol. The Balaban J connectivity index is 1.61. The van der Waals surface area contributed by atoms with Crippen molar-refractivity contribution in [3.8, 4) is 0 Å². The lowest BCUT2D eigenvalue weighted by atomic mass is 10.1. The second-order valence-corrected chi connectivity index (χ2v) is 9.58. The molecule has 0 aliphatic carbocycles. The Morgan fingerprint density at radius 1 is 1.13 bits per heavy atom. The Morgan fingerprint density at radius 2 is 1.87 bits per heavy atom. The summed E-state index contributed by atoms with van der Waals surface area (Å²) in [6.07, 6.45) is 0.691. The molecule has 208 valence electrons. The highest BCUT2D eigenvalue weighted by Crippen LogP contribution is 2.22. The van der Waals surface area contributed by atoms with Gasteiger partial charge in [0, 0.05) is 38.0 Å². The van der Waals surface area contributed by atoms with Crippen LogP contribution >= 0.6 is 11.6 Å². The first kappa shape index (κ1) is 29.8. The molecule has 3 rings (SSSR count). The number of amides is 3. The van der Waals surface area contributed by atoms with Crippen molar-refractivity contribution in [2.45, 2.75) is 44.8 Å². The van der Waals surface area contributed by atoms with Gasteiger partial charge in [0.2, 0.25) is 11.8 Å². The summed E-state index contributed by atoms with van der Waals surface area (Å²) in [5.41, 5.74) is 0.506. The van der Waals surface area contributed by atoms with Gasteiger partial charge in [-0.05, 0) is 42.8 Å². The van der Waals surface area contributed by atoms with Crippen molar-refractivity contribution in [1.29, 1.82) is 0 Å². The fourth-order valence-corrected chi connectivity index (χ4v) is 4.08. The van der Waals surface area contributed by atoms with E-state index in [1.54, 1.807) is 32.3 Å². The number of nitrogens with zero attached hydrogens (tertiary/aromatic N) is 2. The molecule has 39 heavy (non-hydrogen) atoms. The number of aromatic nitrogens is 1. The molecule has 0 aliphatic heterocycles. The van der Waals surface area contributed by atoms with Crippen molar-refractivity contribution in [3.05, 3.63) is 71.1 Å². The van der Waals surface area contributed by atoms with Crippen molar-refractivity contribution in [3.63, 3.8) is 0 Å². The number of nitrogens with one attached hydrogen (secondary N) is 2. The molecule has 2 aromatic carbocycles. The van der Waals surface area contributed by atoms with Crippen LogP contribution in [0.2, 0.25) is 5.02 Å². The number of hydrogen-bond acceptors (Lipinski definition) is 6. The molecule has 2 atom stereocenters. The first-order valence-corrected chi connectivity index (χ1v) is 12.9. The first-order chi connectivity index (χ1) is 18.6. The van der Waals surface area contributed by atoms with Gasteiger partial charge in [0.05, 0.1) is 17.2 Å². The Labute approximate surface area is 231 Å². The Hall–Kier alpha value is -3.76. The maximum Gasteiger partial charge on any atom is 0.412 e. The van der Waals surface area contributed by atoms with Crippen molar-refractivity contribution >= 4 is 46.1 Å². The zero-order valence-electron chi connectivity index (χ0n) is 21.8. The van der Waals surface area contributed by atoms with E-state index in [1.807, 2.05) is 24.3 Å². The van der Waals surface area contributed by atoms with Crippen LogP contribution in [0.15, 0.2) is 54.7 Å². The molecular weight excluding hydrogens is 527 g/mol. The molecule has 1 aromatic heterocycles. The van der Waals surface area contributed by atoms with Crippen LogP contribution in [0.1, 0.15) is 31.7 Å². The van der Waals surface area contributed by atoms with E-state index >= 15 is 0 Å². The van der Waals surface area contributed by atoms with Gasteiger partial charge >= 0.3 is 6.09 Å². The van der Waals surface area contributed by atoms with Crippen molar-refractivity contribution in [1.82, 2.24) is 15.2 Å². The summed E-state index contributed by atoms with van der Waals surface area (Å²) < 4.78 is 19.1. The first-order valence-electron chi connectivity index (χ1n) is 12.6. The number of hydrogen-bond donors (Lipinski definition) is 3. The third-order valence-electron chi connectivity index (χ3n) is 6.15. The van der Waals surface area contributed by atoms with Gasteiger partial charge in [0.1, 0.15) is 18.2 Å². The summed E-state index contributed by atoms with van der Waals surface area (Å²) in [5.74, 6) is -0.844. The molecule has 0 radical (unpaired) electrons. The lowest BCUT2D eigenvalue weighted by molar-refractivity contribution is -0.133. The molecule has 0 aliphatic rings. The van der Waals surface area contributed by atoms with Crippen LogP contribution in [0.25, 0.3) is 10.8 Å². The minimum absolute atomic E-state index is 0.0263. The number of fused-ring (bicyclic) bond motifs is 1. The summed E-state index contributed by atoms with van der Waals surface area (Å²) in [5, 5.41) is 16.4. The number of anilines is 1. The van der Waals surface area contributed by atoms with E-state index in [1.165, 1.54) is 17.0 Å². The average molecular weight is 559 g/mol. The van der Waals surface area contributed by atoms with Gasteiger partial charge in [-0.25, -0.2) is 14.2 Å². The molecule has 1 heterocycles. The highest BCUT2D eigenvalue weighted by molar-refractivity contribution is 6.31. The summed E-state index contributed by atoms with van der Waals surface area (Å²) >= 11 is 6.01. The zero-order chi connectivity index (χ0) is 28.4. The third kappa shape index (κ3) is 9.19. The molecule has 0 bridgehead atoms. The molecule has 9 nitrogen and oxygen atoms in total. The van der Waals surface area contributed by atoms with Crippen LogP contribution in [-0.2, 0) is 20.7 Å². The number of rotatable bonds is 12. The van der Waals surface area contributed by atoms with Crippen LogP contribution in [0.5, 0.6) is 0 Å². The highest BCUT2D eigenvalue weighted by atomic mass is 35.5. The SMILES string of the molecule is C[C@@H](O)CNC(=O)CC[C@@H](COC(=O)Nc1cc2ccccc2cn1)N(C)C(=O)CCc1cccc(F)c1Cl. The number of halogens is 2. The molecule has 0 saturated carbocycles. The van der Waals surface area contributed by atoms with Gasteiger partial charge in [-0.15, -0.1) is 0 Å². The van der Waals surface area contributed by atoms with Crippen LogP contribution in [0.4, 0.5) is 15.0 Å². The third-order valence-corrected chi connectivity index (χ3v) is 6.57. The average Bonchev–Trinajstić information content (AvgIpc) is 2.92. The number of aliphatic hydroxyl groups excluding tert-OH is 1. The van der Waals surface area contributed by atoms with E-state index in [0.29, 0.717) is 11.4 Å². The van der Waals surface area contributed by atoms with Crippen LogP contribution in [-0.4, -0.2) is 65.2 Å². The Kier molecular flexibility index (Phi) is 11.0. The second-order valence-electron chi connectivity index (χ2n) is 9.20. The fourth-order valence-electron chi connectivity index (χ4n) is 3.86. The maximum absolute atomic E-state index is 13.7. The Morgan fingerprint density at radius 3 is 2.62 bits per heavy atom. The summed E-state index contributed by atoms with van der Waals surface area (Å²) in [6.45, 7) is 1.48. The smallest absolute Gasteiger partial charge is 0.412 e. The topological polar surface area (TPSA) is 121 Å². The van der Waals surface area contributed by atoms with Gasteiger partial charge in [0.15, 0.2) is 0 Å². The molecule has 0 saturated heterocycles. The molecular formula is C28H32ClFN4O5. The van der Waals surface area contributed by atoms with E-state index in [4.69, 9.17) is 16.3 Å². The zero-order valence-corrected chi connectivity index (χ0v) is 22.6. The largest absolute Gasteiger partial charge is 0.447 e. The van der Waals surface area contributed by atoms with Gasteiger partial charge in [0.25, 0.3) is 0 Å². The number of aliphatic hydroxyl groups is 1. The molecule has 3 N–H and O–H groups in total. The fraction of sp³-hybridized carbons (Fsp3) is 0.357. The summed E-state index contributed by atoms with van der Waals surface area (Å²) in [7, 11) is 1.56. The number of aryl methyl sites for hydroxylation is 1. The van der Waals surface area contributed by atoms with Gasteiger partial charge < -0.3 is 20.1 Å². The summed E-state index contributed by atoms with van der Waals surface area (Å²) in [6, 6.07) is 13.1. The second kappa shape index (κ2) is 14.4. The molecule has 0 fully saturated rings. The van der Waals surface area contributed by atoms with Crippen molar-refractivity contribution in [2.24, 2.45) is 0 Å². The van der Waals surface area contributed by atoms with Gasteiger partial charge in [-0.1, -0.05) is 48.0 Å². The van der Waals surface area contributed by atoms with Crippen LogP contribution < -0.4 is 10.6 Å². The number of benzene rings is 2. The minimum Gasteiger partial charge on any atom is -0.447 e. The van der Waals surface area contributed by atoms with E-state index < -0.39 is 24.1 Å². The van der Waals surface area contributed by atoms with E-state index in [2.05, 4.69) is 15.6 Å².